The molecule has 2 aromatic heterocycles. The lowest BCUT2D eigenvalue weighted by Gasteiger charge is -2.18. The molecule has 1 N–H and O–H groups in total. The van der Waals surface area contributed by atoms with Gasteiger partial charge in [-0.1, -0.05) is 41.9 Å². The van der Waals surface area contributed by atoms with Crippen LogP contribution in [-0.2, 0) is 6.54 Å². The molecule has 0 saturated carbocycles. The number of nitrogens with one attached hydrogen (secondary N) is 1. The molecule has 0 bridgehead atoms. The molecule has 3 aromatic rings. The van der Waals surface area contributed by atoms with Crippen LogP contribution in [0.1, 0.15) is 36.5 Å². The number of rotatable bonds is 8. The molecule has 10 heteroatoms. The lowest BCUT2D eigenvalue weighted by molar-refractivity contribution is 0.0952. The summed E-state index contributed by atoms with van der Waals surface area (Å²) in [7, 11) is 0. The number of aromatic nitrogens is 4. The van der Waals surface area contributed by atoms with Gasteiger partial charge in [-0.25, -0.2) is 14.6 Å². The molecule has 1 aliphatic heterocycles. The van der Waals surface area contributed by atoms with E-state index in [4.69, 9.17) is 33.2 Å². The average molecular weight is 479 g/mol. The van der Waals surface area contributed by atoms with Crippen molar-refractivity contribution in [2.45, 2.75) is 37.9 Å². The summed E-state index contributed by atoms with van der Waals surface area (Å²) < 4.78 is 1.83. The van der Waals surface area contributed by atoms with Crippen molar-refractivity contribution in [3.63, 3.8) is 0 Å². The average Bonchev–Trinajstić information content (AvgIpc) is 3.44. The Balaban J connectivity index is 1.52. The number of thioether (sulfide) groups is 1. The molecule has 164 valence electrons. The molecule has 1 amide bonds. The van der Waals surface area contributed by atoms with E-state index in [1.165, 1.54) is 12.8 Å². The van der Waals surface area contributed by atoms with Crippen molar-refractivity contribution in [1.29, 1.82) is 0 Å². The molecule has 4 rings (SSSR count). The molecule has 0 unspecified atom stereocenters. The third kappa shape index (κ3) is 5.07. The largest absolute Gasteiger partial charge is 0.356 e. The predicted molar refractivity (Wildman–Crippen MR) is 127 cm³/mol. The highest BCUT2D eigenvalue weighted by Crippen LogP contribution is 2.29. The fourth-order valence-corrected chi connectivity index (χ4v) is 4.62. The van der Waals surface area contributed by atoms with Crippen LogP contribution in [0.25, 0.3) is 11.0 Å². The molecule has 31 heavy (non-hydrogen) atoms. The monoisotopic (exact) mass is 478 g/mol. The Morgan fingerprint density at radius 2 is 2.03 bits per heavy atom. The third-order valence-corrected chi connectivity index (χ3v) is 6.70. The van der Waals surface area contributed by atoms with Gasteiger partial charge in [-0.05, 0) is 37.5 Å². The number of benzene rings is 1. The zero-order valence-corrected chi connectivity index (χ0v) is 19.6. The van der Waals surface area contributed by atoms with Crippen LogP contribution in [0.3, 0.4) is 0 Å². The normalized spacial score (nSPS) is 13.8. The molecule has 1 fully saturated rings. The number of carbonyl (C=O) groups is 1. The lowest BCUT2D eigenvalue weighted by Crippen LogP contribution is -2.28. The summed E-state index contributed by atoms with van der Waals surface area (Å²) in [5, 5.41) is 9.97. The molecule has 1 aromatic carbocycles. The van der Waals surface area contributed by atoms with E-state index in [2.05, 4.69) is 22.2 Å². The highest BCUT2D eigenvalue weighted by atomic mass is 35.5. The van der Waals surface area contributed by atoms with Crippen LogP contribution >= 0.6 is 35.0 Å². The number of nitrogens with zero attached hydrogens (tertiary/aromatic N) is 5. The van der Waals surface area contributed by atoms with Crippen molar-refractivity contribution in [2.75, 3.05) is 30.3 Å². The molecular formula is C21H24Cl2N6OS. The summed E-state index contributed by atoms with van der Waals surface area (Å²) in [6, 6.07) is 4.84. The van der Waals surface area contributed by atoms with E-state index in [1.807, 2.05) is 10.9 Å². The van der Waals surface area contributed by atoms with Gasteiger partial charge in [0.15, 0.2) is 10.8 Å². The van der Waals surface area contributed by atoms with Crippen LogP contribution in [0, 0.1) is 0 Å². The van der Waals surface area contributed by atoms with E-state index in [9.17, 15) is 4.79 Å². The maximum Gasteiger partial charge on any atom is 0.252 e. The van der Waals surface area contributed by atoms with Gasteiger partial charge in [-0.15, -0.1) is 0 Å². The van der Waals surface area contributed by atoms with Crippen molar-refractivity contribution < 1.29 is 4.79 Å². The number of halogens is 2. The van der Waals surface area contributed by atoms with Gasteiger partial charge in [-0.2, -0.15) is 5.10 Å². The van der Waals surface area contributed by atoms with E-state index < -0.39 is 0 Å². The van der Waals surface area contributed by atoms with Gasteiger partial charge in [0.1, 0.15) is 5.82 Å². The minimum absolute atomic E-state index is 0.268. The van der Waals surface area contributed by atoms with Gasteiger partial charge >= 0.3 is 0 Å². The Hall–Kier alpha value is -2.03. The SMILES string of the molecule is CCCSc1nc(N2CCCC2)c2cnn(CCNC(=O)c3cc(Cl)ccc3Cl)c2n1. The Morgan fingerprint density at radius 1 is 1.23 bits per heavy atom. The molecule has 0 atom stereocenters. The van der Waals surface area contributed by atoms with E-state index in [0.29, 0.717) is 28.7 Å². The van der Waals surface area contributed by atoms with Crippen LogP contribution in [0.4, 0.5) is 5.82 Å². The molecule has 0 spiro atoms. The van der Waals surface area contributed by atoms with E-state index >= 15 is 0 Å². The molecule has 7 nitrogen and oxygen atoms in total. The van der Waals surface area contributed by atoms with Crippen molar-refractivity contribution in [1.82, 2.24) is 25.1 Å². The number of hydrogen-bond acceptors (Lipinski definition) is 6. The third-order valence-electron chi connectivity index (χ3n) is 5.08. The first-order valence-corrected chi connectivity index (χ1v) is 12.2. The Morgan fingerprint density at radius 3 is 2.81 bits per heavy atom. The van der Waals surface area contributed by atoms with Gasteiger partial charge in [0.2, 0.25) is 0 Å². The minimum Gasteiger partial charge on any atom is -0.356 e. The van der Waals surface area contributed by atoms with Gasteiger partial charge in [0.25, 0.3) is 5.91 Å². The van der Waals surface area contributed by atoms with Crippen LogP contribution in [-0.4, -0.2) is 51.0 Å². The summed E-state index contributed by atoms with van der Waals surface area (Å²) >= 11 is 13.8. The van der Waals surface area contributed by atoms with Crippen molar-refractivity contribution in [3.8, 4) is 0 Å². The Kier molecular flexibility index (Phi) is 7.20. The number of fused-ring (bicyclic) bond motifs is 1. The number of amides is 1. The second kappa shape index (κ2) is 10.1. The lowest BCUT2D eigenvalue weighted by atomic mass is 10.2. The molecule has 3 heterocycles. The highest BCUT2D eigenvalue weighted by Gasteiger charge is 2.21. The maximum atomic E-state index is 12.5. The van der Waals surface area contributed by atoms with E-state index in [0.717, 1.165) is 47.3 Å². The Bertz CT molecular complexity index is 1080. The van der Waals surface area contributed by atoms with Crippen LogP contribution < -0.4 is 10.2 Å². The smallest absolute Gasteiger partial charge is 0.252 e. The van der Waals surface area contributed by atoms with Crippen LogP contribution in [0.5, 0.6) is 0 Å². The molecule has 0 aliphatic carbocycles. The summed E-state index contributed by atoms with van der Waals surface area (Å²) in [4.78, 5) is 24.4. The van der Waals surface area contributed by atoms with Gasteiger partial charge in [0.05, 0.1) is 28.7 Å². The van der Waals surface area contributed by atoms with Crippen molar-refractivity contribution in [2.24, 2.45) is 0 Å². The van der Waals surface area contributed by atoms with Gasteiger partial charge in [-0.3, -0.25) is 4.79 Å². The van der Waals surface area contributed by atoms with E-state index in [-0.39, 0.29) is 5.91 Å². The number of anilines is 1. The first kappa shape index (κ1) is 22.2. The topological polar surface area (TPSA) is 75.9 Å². The fraction of sp³-hybridized carbons (Fsp3) is 0.429. The Labute approximate surface area is 195 Å². The van der Waals surface area contributed by atoms with Crippen molar-refractivity contribution >= 4 is 57.7 Å². The summed E-state index contributed by atoms with van der Waals surface area (Å²) in [5.74, 6) is 1.66. The second-order valence-corrected chi connectivity index (χ2v) is 9.26. The van der Waals surface area contributed by atoms with Crippen LogP contribution in [0.2, 0.25) is 10.0 Å². The first-order valence-electron chi connectivity index (χ1n) is 10.4. The zero-order valence-electron chi connectivity index (χ0n) is 17.3. The first-order chi connectivity index (χ1) is 15.1. The zero-order chi connectivity index (χ0) is 21.8. The van der Waals surface area contributed by atoms with Crippen LogP contribution in [0.15, 0.2) is 29.6 Å². The molecule has 1 aliphatic rings. The highest BCUT2D eigenvalue weighted by molar-refractivity contribution is 7.99. The fourth-order valence-electron chi connectivity index (χ4n) is 3.55. The second-order valence-electron chi connectivity index (χ2n) is 7.36. The predicted octanol–water partition coefficient (Wildman–Crippen LogP) is 4.67. The molecule has 0 radical (unpaired) electrons. The van der Waals surface area contributed by atoms with Gasteiger partial charge < -0.3 is 10.2 Å². The maximum absolute atomic E-state index is 12.5. The molecular weight excluding hydrogens is 455 g/mol. The standard InChI is InChI=1S/C21H24Cl2N6OS/c1-2-11-31-21-26-18(28-8-3-4-9-28)16-13-25-29(19(16)27-21)10-7-24-20(30)15-12-14(22)5-6-17(15)23/h5-6,12-13H,2-4,7-11H2,1H3,(H,24,30). The summed E-state index contributed by atoms with van der Waals surface area (Å²) in [6.45, 7) is 5.03. The molecule has 1 saturated heterocycles. The summed E-state index contributed by atoms with van der Waals surface area (Å²) in [5.41, 5.74) is 1.15. The van der Waals surface area contributed by atoms with E-state index in [1.54, 1.807) is 30.0 Å². The quantitative estimate of drug-likeness (QED) is 0.374. The minimum atomic E-state index is -0.268. The number of hydrogen-bond donors (Lipinski definition) is 1. The number of carbonyl (C=O) groups excluding carboxylic acids is 1. The van der Waals surface area contributed by atoms with Crippen molar-refractivity contribution in [3.05, 3.63) is 40.0 Å². The summed E-state index contributed by atoms with van der Waals surface area (Å²) in [6.07, 6.45) is 5.24. The van der Waals surface area contributed by atoms with Gasteiger partial charge in [0, 0.05) is 30.4 Å².